The number of ether oxygens (including phenoxy) is 1. The summed E-state index contributed by atoms with van der Waals surface area (Å²) in [5.74, 6) is 1.09. The van der Waals surface area contributed by atoms with E-state index in [-0.39, 0.29) is 6.03 Å². The monoisotopic (exact) mass is 258 g/mol. The molecule has 0 spiro atoms. The van der Waals surface area contributed by atoms with E-state index in [9.17, 15) is 4.79 Å². The fraction of sp³-hybridized carbons (Fsp3) is 0.750. The molecule has 5 heteroatoms. The third-order valence-electron chi connectivity index (χ3n) is 2.60. The Morgan fingerprint density at radius 1 is 1.47 bits per heavy atom. The number of hydrogen-bond acceptors (Lipinski definition) is 3. The van der Waals surface area contributed by atoms with E-state index in [1.165, 1.54) is 5.57 Å². The molecular formula is C12H22N2O2S. The van der Waals surface area contributed by atoms with Crippen LogP contribution in [0.3, 0.4) is 0 Å². The molecule has 0 aromatic carbocycles. The Morgan fingerprint density at radius 3 is 3.00 bits per heavy atom. The number of nitrogens with one attached hydrogen (secondary N) is 2. The molecule has 4 nitrogen and oxygen atoms in total. The van der Waals surface area contributed by atoms with Crippen LogP contribution in [-0.2, 0) is 4.74 Å². The maximum absolute atomic E-state index is 11.4. The molecule has 0 saturated carbocycles. The van der Waals surface area contributed by atoms with Crippen LogP contribution >= 0.6 is 11.8 Å². The van der Waals surface area contributed by atoms with Gasteiger partial charge < -0.3 is 15.4 Å². The van der Waals surface area contributed by atoms with E-state index >= 15 is 0 Å². The van der Waals surface area contributed by atoms with Crippen molar-refractivity contribution in [1.82, 2.24) is 10.6 Å². The first-order valence-electron chi connectivity index (χ1n) is 6.09. The quantitative estimate of drug-likeness (QED) is 0.540. The highest BCUT2D eigenvalue weighted by Gasteiger charge is 2.04. The van der Waals surface area contributed by atoms with Gasteiger partial charge in [-0.2, -0.15) is 11.8 Å². The van der Waals surface area contributed by atoms with Gasteiger partial charge in [-0.15, -0.1) is 0 Å². The van der Waals surface area contributed by atoms with Crippen LogP contribution < -0.4 is 10.6 Å². The average molecular weight is 258 g/mol. The lowest BCUT2D eigenvalue weighted by atomic mass is 10.1. The third kappa shape index (κ3) is 7.28. The summed E-state index contributed by atoms with van der Waals surface area (Å²) in [6, 6.07) is -0.0567. The summed E-state index contributed by atoms with van der Waals surface area (Å²) in [4.78, 5) is 11.4. The fourth-order valence-corrected chi connectivity index (χ4v) is 2.04. The van der Waals surface area contributed by atoms with Gasteiger partial charge >= 0.3 is 6.03 Å². The average Bonchev–Trinajstić information content (AvgIpc) is 2.36. The number of urea groups is 1. The number of rotatable bonds is 7. The summed E-state index contributed by atoms with van der Waals surface area (Å²) in [5, 5.41) is 5.72. The second kappa shape index (κ2) is 9.36. The van der Waals surface area contributed by atoms with Crippen LogP contribution in [0.4, 0.5) is 4.79 Å². The van der Waals surface area contributed by atoms with Gasteiger partial charge in [0.2, 0.25) is 0 Å². The van der Waals surface area contributed by atoms with E-state index in [2.05, 4.69) is 23.0 Å². The van der Waals surface area contributed by atoms with Crippen molar-refractivity contribution >= 4 is 17.8 Å². The Labute approximate surface area is 108 Å². The van der Waals surface area contributed by atoms with E-state index in [4.69, 9.17) is 4.74 Å². The van der Waals surface area contributed by atoms with Crippen LogP contribution in [-0.4, -0.2) is 44.3 Å². The van der Waals surface area contributed by atoms with Gasteiger partial charge in [-0.1, -0.05) is 11.6 Å². The minimum atomic E-state index is -0.0567. The van der Waals surface area contributed by atoms with Crippen molar-refractivity contribution in [3.05, 3.63) is 11.6 Å². The van der Waals surface area contributed by atoms with Crippen molar-refractivity contribution in [2.24, 2.45) is 0 Å². The van der Waals surface area contributed by atoms with E-state index in [1.54, 1.807) is 11.8 Å². The number of thioether (sulfide) groups is 1. The van der Waals surface area contributed by atoms with Crippen molar-refractivity contribution in [3.8, 4) is 0 Å². The van der Waals surface area contributed by atoms with E-state index in [1.807, 2.05) is 0 Å². The van der Waals surface area contributed by atoms with Gasteiger partial charge in [-0.3, -0.25) is 0 Å². The van der Waals surface area contributed by atoms with Crippen LogP contribution in [0.2, 0.25) is 0 Å². The second-order valence-electron chi connectivity index (χ2n) is 3.97. The van der Waals surface area contributed by atoms with Crippen LogP contribution in [0, 0.1) is 0 Å². The maximum Gasteiger partial charge on any atom is 0.314 e. The Bertz CT molecular complexity index is 257. The van der Waals surface area contributed by atoms with Crippen LogP contribution in [0.1, 0.15) is 19.3 Å². The maximum atomic E-state index is 11.4. The van der Waals surface area contributed by atoms with Gasteiger partial charge in [0.25, 0.3) is 0 Å². The van der Waals surface area contributed by atoms with Crippen molar-refractivity contribution in [2.75, 3.05) is 38.3 Å². The zero-order valence-electron chi connectivity index (χ0n) is 10.5. The Hall–Kier alpha value is -0.680. The zero-order chi connectivity index (χ0) is 12.3. The molecule has 0 aromatic heterocycles. The zero-order valence-corrected chi connectivity index (χ0v) is 11.3. The predicted octanol–water partition coefficient (Wildman–Crippen LogP) is 1.78. The second-order valence-corrected chi connectivity index (χ2v) is 4.95. The SMILES string of the molecule is CSCCCNC(=O)NCCC1=CCOCC1. The molecule has 0 atom stereocenters. The largest absolute Gasteiger partial charge is 0.377 e. The summed E-state index contributed by atoms with van der Waals surface area (Å²) in [6.07, 6.45) is 7.14. The number of carbonyl (C=O) groups excluding carboxylic acids is 1. The van der Waals surface area contributed by atoms with Crippen LogP contribution in [0.15, 0.2) is 11.6 Å². The van der Waals surface area contributed by atoms with Gasteiger partial charge in [0.1, 0.15) is 0 Å². The highest BCUT2D eigenvalue weighted by molar-refractivity contribution is 7.98. The summed E-state index contributed by atoms with van der Waals surface area (Å²) in [5.41, 5.74) is 1.39. The van der Waals surface area contributed by atoms with E-state index < -0.39 is 0 Å². The molecule has 1 aliphatic heterocycles. The van der Waals surface area contributed by atoms with Gasteiger partial charge in [0.15, 0.2) is 0 Å². The Balaban J connectivity index is 1.98. The minimum absolute atomic E-state index is 0.0567. The smallest absolute Gasteiger partial charge is 0.314 e. The first-order valence-corrected chi connectivity index (χ1v) is 7.48. The van der Waals surface area contributed by atoms with Gasteiger partial charge in [-0.05, 0) is 31.3 Å². The number of hydrogen-bond donors (Lipinski definition) is 2. The molecule has 0 fully saturated rings. The lowest BCUT2D eigenvalue weighted by Gasteiger charge is -2.13. The number of amides is 2. The molecule has 0 unspecified atom stereocenters. The summed E-state index contributed by atoms with van der Waals surface area (Å²) < 4.78 is 5.23. The molecule has 0 aromatic rings. The molecule has 2 N–H and O–H groups in total. The standard InChI is InChI=1S/C12H22N2O2S/c1-17-10-2-6-13-12(15)14-7-3-11-4-8-16-9-5-11/h4H,2-3,5-10H2,1H3,(H2,13,14,15). The summed E-state index contributed by atoms with van der Waals surface area (Å²) >= 11 is 1.80. The fourth-order valence-electron chi connectivity index (χ4n) is 1.61. The van der Waals surface area contributed by atoms with E-state index in [0.717, 1.165) is 44.8 Å². The highest BCUT2D eigenvalue weighted by atomic mass is 32.2. The van der Waals surface area contributed by atoms with Gasteiger partial charge in [-0.25, -0.2) is 4.79 Å². The molecule has 1 heterocycles. The lowest BCUT2D eigenvalue weighted by Crippen LogP contribution is -2.36. The molecule has 17 heavy (non-hydrogen) atoms. The molecule has 1 aliphatic rings. The van der Waals surface area contributed by atoms with Gasteiger partial charge in [0, 0.05) is 13.1 Å². The van der Waals surface area contributed by atoms with Crippen molar-refractivity contribution < 1.29 is 9.53 Å². The highest BCUT2D eigenvalue weighted by Crippen LogP contribution is 2.10. The predicted molar refractivity (Wildman–Crippen MR) is 72.5 cm³/mol. The number of carbonyl (C=O) groups is 1. The molecule has 1 rings (SSSR count). The molecule has 2 amide bonds. The summed E-state index contributed by atoms with van der Waals surface area (Å²) in [7, 11) is 0. The van der Waals surface area contributed by atoms with Gasteiger partial charge in [0.05, 0.1) is 13.2 Å². The van der Waals surface area contributed by atoms with Crippen LogP contribution in [0.5, 0.6) is 0 Å². The Kier molecular flexibility index (Phi) is 7.92. The molecule has 0 radical (unpaired) electrons. The first-order chi connectivity index (χ1) is 8.33. The normalized spacial score (nSPS) is 15.2. The Morgan fingerprint density at radius 2 is 2.29 bits per heavy atom. The van der Waals surface area contributed by atoms with E-state index in [0.29, 0.717) is 6.54 Å². The lowest BCUT2D eigenvalue weighted by molar-refractivity contribution is 0.153. The molecule has 98 valence electrons. The molecule has 0 saturated heterocycles. The topological polar surface area (TPSA) is 50.4 Å². The third-order valence-corrected chi connectivity index (χ3v) is 3.30. The minimum Gasteiger partial charge on any atom is -0.377 e. The van der Waals surface area contributed by atoms with Crippen molar-refractivity contribution in [1.29, 1.82) is 0 Å². The molecular weight excluding hydrogens is 236 g/mol. The summed E-state index contributed by atoms with van der Waals surface area (Å²) in [6.45, 7) is 2.99. The molecule has 0 bridgehead atoms. The molecule has 0 aliphatic carbocycles. The van der Waals surface area contributed by atoms with Crippen LogP contribution in [0.25, 0.3) is 0 Å². The first kappa shape index (κ1) is 14.4. The van der Waals surface area contributed by atoms with Crippen molar-refractivity contribution in [3.63, 3.8) is 0 Å². The van der Waals surface area contributed by atoms with Crippen molar-refractivity contribution in [2.45, 2.75) is 19.3 Å².